The van der Waals surface area contributed by atoms with Crippen molar-refractivity contribution in [1.82, 2.24) is 19.3 Å². The molecule has 1 aliphatic heterocycles. The van der Waals surface area contributed by atoms with Gasteiger partial charge in [-0.25, -0.2) is 14.5 Å². The molecule has 8 nitrogen and oxygen atoms in total. The van der Waals surface area contributed by atoms with Gasteiger partial charge in [0.1, 0.15) is 5.60 Å². The van der Waals surface area contributed by atoms with E-state index >= 15 is 0 Å². The van der Waals surface area contributed by atoms with E-state index in [1.165, 1.54) is 12.1 Å². The number of nitrogens with zero attached hydrogens (tertiary/aromatic N) is 2. The Bertz CT molecular complexity index is 1460. The van der Waals surface area contributed by atoms with Gasteiger partial charge in [-0.05, 0) is 99.5 Å². The number of nitrogens with one attached hydrogen (secondary N) is 2. The van der Waals surface area contributed by atoms with Crippen LogP contribution in [-0.2, 0) is 34.0 Å². The zero-order valence-electron chi connectivity index (χ0n) is 22.7. The highest BCUT2D eigenvalue weighted by molar-refractivity contribution is 7.88. The van der Waals surface area contributed by atoms with Gasteiger partial charge in [0.05, 0.1) is 5.02 Å². The fraction of sp³-hybridized carbons (Fsp3) is 0.481. The van der Waals surface area contributed by atoms with Crippen LogP contribution in [0.3, 0.4) is 0 Å². The number of carbonyl (C=O) groups excluding carboxylic acids is 1. The van der Waals surface area contributed by atoms with Crippen LogP contribution in [0, 0.1) is 0 Å². The molecule has 2 heterocycles. The zero-order valence-corrected chi connectivity index (χ0v) is 25.1. The number of hydrogen-bond donors (Lipinski definition) is 2. The second-order valence-corrected chi connectivity index (χ2v) is 13.3. The minimum absolute atomic E-state index is 0.0316. The maximum Gasteiger partial charge on any atom is 0.434 e. The molecule has 41 heavy (non-hydrogen) atoms. The molecule has 14 heteroatoms. The fourth-order valence-electron chi connectivity index (χ4n) is 5.15. The van der Waals surface area contributed by atoms with Crippen LogP contribution in [0.15, 0.2) is 35.9 Å². The van der Waals surface area contributed by atoms with E-state index in [-0.39, 0.29) is 24.7 Å². The number of carbonyl (C=O) groups is 1. The van der Waals surface area contributed by atoms with E-state index in [1.54, 1.807) is 20.8 Å². The summed E-state index contributed by atoms with van der Waals surface area (Å²) >= 11 is 11.9. The van der Waals surface area contributed by atoms with Gasteiger partial charge in [-0.15, -0.1) is 0 Å². The number of benzene rings is 1. The van der Waals surface area contributed by atoms with Crippen LogP contribution >= 0.6 is 23.2 Å². The topological polar surface area (TPSA) is 101 Å². The van der Waals surface area contributed by atoms with Gasteiger partial charge in [-0.3, -0.25) is 4.90 Å². The lowest BCUT2D eigenvalue weighted by Gasteiger charge is -2.37. The molecule has 1 amide bonds. The molecule has 224 valence electrons. The molecule has 1 aromatic carbocycles. The lowest BCUT2D eigenvalue weighted by atomic mass is 9.92. The molecule has 0 saturated carbocycles. The lowest BCUT2D eigenvalue weighted by Crippen LogP contribution is -2.51. The van der Waals surface area contributed by atoms with E-state index in [1.807, 2.05) is 22.9 Å². The molecule has 2 N–H and O–H groups in total. The van der Waals surface area contributed by atoms with E-state index in [2.05, 4.69) is 14.6 Å². The SMILES string of the molecule is CC(C)(C)OC(=O)NS(=O)(=O)NCC1C2=C(CCN1CCCc1ccc(Cl)c(C(F)(F)F)n1)c1cc(Cl)ccc1C2. The summed E-state index contributed by atoms with van der Waals surface area (Å²) in [6.07, 6.45) is -3.68. The third kappa shape index (κ3) is 8.13. The first-order valence-corrected chi connectivity index (χ1v) is 15.2. The minimum atomic E-state index is -4.65. The highest BCUT2D eigenvalue weighted by Gasteiger charge is 2.37. The van der Waals surface area contributed by atoms with Gasteiger partial charge in [-0.1, -0.05) is 29.3 Å². The predicted octanol–water partition coefficient (Wildman–Crippen LogP) is 5.78. The van der Waals surface area contributed by atoms with E-state index in [0.29, 0.717) is 37.4 Å². The predicted molar refractivity (Wildman–Crippen MR) is 151 cm³/mol. The summed E-state index contributed by atoms with van der Waals surface area (Å²) in [6, 6.07) is 7.98. The van der Waals surface area contributed by atoms with E-state index in [4.69, 9.17) is 27.9 Å². The van der Waals surface area contributed by atoms with E-state index in [0.717, 1.165) is 22.3 Å². The Labute approximate surface area is 247 Å². The van der Waals surface area contributed by atoms with Gasteiger partial charge >= 0.3 is 22.5 Å². The number of rotatable bonds is 8. The number of aromatic nitrogens is 1. The lowest BCUT2D eigenvalue weighted by molar-refractivity contribution is -0.141. The van der Waals surface area contributed by atoms with Crippen LogP contribution in [-0.4, -0.2) is 55.7 Å². The third-order valence-corrected chi connectivity index (χ3v) is 8.31. The molecular weight excluding hydrogens is 604 g/mol. The zero-order chi connectivity index (χ0) is 30.2. The summed E-state index contributed by atoms with van der Waals surface area (Å²) in [5.41, 5.74) is 2.55. The number of halogens is 5. The van der Waals surface area contributed by atoms with Gasteiger partial charge in [0.25, 0.3) is 0 Å². The number of amides is 1. The summed E-state index contributed by atoms with van der Waals surface area (Å²) in [5, 5.41) is 0.150. The highest BCUT2D eigenvalue weighted by Crippen LogP contribution is 2.42. The van der Waals surface area contributed by atoms with E-state index < -0.39 is 38.8 Å². The second-order valence-electron chi connectivity index (χ2n) is 11.0. The molecule has 0 saturated heterocycles. The maximum absolute atomic E-state index is 13.2. The number of hydrogen-bond acceptors (Lipinski definition) is 6. The van der Waals surface area contributed by atoms with Gasteiger partial charge in [0, 0.05) is 29.8 Å². The first kappa shape index (κ1) is 31.6. The molecule has 1 atom stereocenters. The van der Waals surface area contributed by atoms with Crippen LogP contribution < -0.4 is 9.44 Å². The number of pyridine rings is 1. The molecular formula is C27H31Cl2F3N4O4S. The second kappa shape index (κ2) is 12.1. The molecule has 1 aliphatic carbocycles. The highest BCUT2D eigenvalue weighted by atomic mass is 35.5. The Hall–Kier alpha value is -2.38. The molecule has 2 aromatic rings. The fourth-order valence-corrected chi connectivity index (χ4v) is 6.25. The normalized spacial score (nSPS) is 17.8. The Morgan fingerprint density at radius 2 is 1.90 bits per heavy atom. The van der Waals surface area contributed by atoms with Crippen molar-refractivity contribution >= 4 is 45.1 Å². The van der Waals surface area contributed by atoms with Crippen molar-refractivity contribution in [2.45, 2.75) is 64.3 Å². The Morgan fingerprint density at radius 1 is 1.17 bits per heavy atom. The number of ether oxygens (including phenoxy) is 1. The van der Waals surface area contributed by atoms with Crippen molar-refractivity contribution < 1.29 is 31.1 Å². The Morgan fingerprint density at radius 3 is 2.59 bits per heavy atom. The number of alkyl halides is 3. The molecule has 2 aliphatic rings. The van der Waals surface area contributed by atoms with Crippen molar-refractivity contribution in [2.24, 2.45) is 0 Å². The monoisotopic (exact) mass is 634 g/mol. The van der Waals surface area contributed by atoms with E-state index in [9.17, 15) is 26.4 Å². The Balaban J connectivity index is 1.50. The van der Waals surface area contributed by atoms with Gasteiger partial charge in [0.2, 0.25) is 0 Å². The maximum atomic E-state index is 13.2. The van der Waals surface area contributed by atoms with Gasteiger partial charge in [-0.2, -0.15) is 26.3 Å². The molecule has 1 unspecified atom stereocenters. The van der Waals surface area contributed by atoms with Crippen molar-refractivity contribution in [2.75, 3.05) is 19.6 Å². The third-order valence-electron chi connectivity index (χ3n) is 6.79. The van der Waals surface area contributed by atoms with Gasteiger partial charge < -0.3 is 4.74 Å². The van der Waals surface area contributed by atoms with Crippen LogP contribution in [0.25, 0.3) is 5.57 Å². The minimum Gasteiger partial charge on any atom is -0.443 e. The molecule has 0 fully saturated rings. The smallest absolute Gasteiger partial charge is 0.434 e. The summed E-state index contributed by atoms with van der Waals surface area (Å²) in [4.78, 5) is 17.9. The van der Waals surface area contributed by atoms with Crippen molar-refractivity contribution in [3.8, 4) is 0 Å². The first-order valence-electron chi connectivity index (χ1n) is 13.0. The van der Waals surface area contributed by atoms with Crippen molar-refractivity contribution in [3.05, 3.63) is 68.5 Å². The standard InChI is InChI=1S/C27H31Cl2F3N4O4S/c1-26(2,3)40-25(37)35-41(38,39)33-15-23-21-13-16-6-7-17(28)14-20(16)19(21)10-12-36(23)11-4-5-18-8-9-22(29)24(34-18)27(30,31)32/h6-9,14,23,33H,4-5,10-13,15H2,1-3H3,(H,35,37). The summed E-state index contributed by atoms with van der Waals surface area (Å²) in [5.74, 6) is 0. The van der Waals surface area contributed by atoms with Crippen LogP contribution in [0.5, 0.6) is 0 Å². The van der Waals surface area contributed by atoms with Crippen molar-refractivity contribution in [1.29, 1.82) is 0 Å². The summed E-state index contributed by atoms with van der Waals surface area (Å²) < 4.78 is 74.5. The molecule has 4 rings (SSSR count). The van der Waals surface area contributed by atoms with Crippen LogP contribution in [0.4, 0.5) is 18.0 Å². The summed E-state index contributed by atoms with van der Waals surface area (Å²) in [6.45, 7) is 5.90. The first-order chi connectivity index (χ1) is 19.0. The quantitative estimate of drug-likeness (QED) is 0.382. The average Bonchev–Trinajstić information content (AvgIpc) is 3.19. The Kier molecular flexibility index (Phi) is 9.30. The van der Waals surface area contributed by atoms with Crippen LogP contribution in [0.1, 0.15) is 56.1 Å². The average molecular weight is 636 g/mol. The number of aryl methyl sites for hydroxylation is 1. The number of fused-ring (bicyclic) bond motifs is 2. The molecule has 0 spiro atoms. The molecule has 0 radical (unpaired) electrons. The summed E-state index contributed by atoms with van der Waals surface area (Å²) in [7, 11) is -4.24. The molecule has 0 bridgehead atoms. The van der Waals surface area contributed by atoms with Crippen molar-refractivity contribution in [3.63, 3.8) is 0 Å². The largest absolute Gasteiger partial charge is 0.443 e. The van der Waals surface area contributed by atoms with Gasteiger partial charge in [0.15, 0.2) is 5.69 Å². The van der Waals surface area contributed by atoms with Crippen LogP contribution in [0.2, 0.25) is 10.0 Å². The molecule has 1 aromatic heterocycles.